The van der Waals surface area contributed by atoms with E-state index in [1.165, 1.54) is 0 Å². The minimum absolute atomic E-state index is 0.425. The Labute approximate surface area is 130 Å². The average molecular weight is 361 g/mol. The van der Waals surface area contributed by atoms with Crippen molar-refractivity contribution in [3.8, 4) is 0 Å². The molecule has 3 nitrogen and oxygen atoms in total. The fourth-order valence-electron chi connectivity index (χ4n) is 1.59. The van der Waals surface area contributed by atoms with Crippen molar-refractivity contribution >= 4 is 50.6 Å². The van der Waals surface area contributed by atoms with Crippen molar-refractivity contribution in [1.29, 1.82) is 0 Å². The van der Waals surface area contributed by atoms with Gasteiger partial charge in [-0.1, -0.05) is 46.1 Å². The number of hydrogen-bond donors (Lipinski definition) is 1. The normalized spacial score (nSPS) is 10.5. The molecule has 0 atom stereocenters. The molecule has 1 N–H and O–H groups in total. The van der Waals surface area contributed by atoms with Crippen molar-refractivity contribution in [2.24, 2.45) is 0 Å². The lowest BCUT2D eigenvalue weighted by Gasteiger charge is -2.09. The number of aryl methyl sites for hydroxylation is 1. The molecule has 0 unspecified atom stereocenters. The predicted octanol–water partition coefficient (Wildman–Crippen LogP) is 5.24. The number of halogens is 3. The predicted molar refractivity (Wildman–Crippen MR) is 83.5 cm³/mol. The van der Waals surface area contributed by atoms with E-state index in [1.54, 1.807) is 6.07 Å². The van der Waals surface area contributed by atoms with Crippen LogP contribution in [0, 0.1) is 0 Å². The summed E-state index contributed by atoms with van der Waals surface area (Å²) in [6.07, 6.45) is 1.77. The van der Waals surface area contributed by atoms with Crippen LogP contribution in [-0.2, 0) is 6.42 Å². The van der Waals surface area contributed by atoms with Crippen molar-refractivity contribution in [3.63, 3.8) is 0 Å². The molecule has 0 spiro atoms. The topological polar surface area (TPSA) is 37.8 Å². The van der Waals surface area contributed by atoms with Crippen molar-refractivity contribution in [1.82, 2.24) is 9.97 Å². The van der Waals surface area contributed by atoms with Crippen molar-refractivity contribution in [2.45, 2.75) is 19.8 Å². The minimum Gasteiger partial charge on any atom is -0.339 e. The molecule has 0 aliphatic rings. The number of nitrogens with one attached hydrogen (secondary N) is 1. The van der Waals surface area contributed by atoms with Gasteiger partial charge in [0.2, 0.25) is 0 Å². The first-order valence-electron chi connectivity index (χ1n) is 5.84. The molecule has 2 rings (SSSR count). The zero-order chi connectivity index (χ0) is 13.8. The highest BCUT2D eigenvalue weighted by atomic mass is 79.9. The first-order valence-corrected chi connectivity index (χ1v) is 7.39. The monoisotopic (exact) mass is 359 g/mol. The van der Waals surface area contributed by atoms with Gasteiger partial charge in [0.25, 0.3) is 0 Å². The molecular formula is C13H12BrCl2N3. The number of hydrogen-bond acceptors (Lipinski definition) is 3. The Bertz CT molecular complexity index is 590. The van der Waals surface area contributed by atoms with E-state index in [0.29, 0.717) is 16.0 Å². The molecule has 0 saturated heterocycles. The van der Waals surface area contributed by atoms with Crippen molar-refractivity contribution in [2.75, 3.05) is 5.32 Å². The second kappa shape index (κ2) is 6.55. The Morgan fingerprint density at radius 1 is 1.21 bits per heavy atom. The highest BCUT2D eigenvalue weighted by Crippen LogP contribution is 2.28. The average Bonchev–Trinajstić information content (AvgIpc) is 2.32. The molecule has 0 saturated carbocycles. The summed E-state index contributed by atoms with van der Waals surface area (Å²) >= 11 is 15.5. The third-order valence-electron chi connectivity index (χ3n) is 2.41. The van der Waals surface area contributed by atoms with Crippen molar-refractivity contribution < 1.29 is 0 Å². The third kappa shape index (κ3) is 4.06. The second-order valence-corrected chi connectivity index (χ2v) is 5.70. The molecule has 2 aromatic rings. The van der Waals surface area contributed by atoms with E-state index in [1.807, 2.05) is 18.2 Å². The zero-order valence-electron chi connectivity index (χ0n) is 10.3. The molecule has 0 amide bonds. The largest absolute Gasteiger partial charge is 0.339 e. The van der Waals surface area contributed by atoms with Crippen molar-refractivity contribution in [3.05, 3.63) is 44.7 Å². The fraction of sp³-hybridized carbons (Fsp3) is 0.231. The van der Waals surface area contributed by atoms with Crippen LogP contribution in [0.15, 0.2) is 28.7 Å². The summed E-state index contributed by atoms with van der Waals surface area (Å²) in [4.78, 5) is 8.58. The van der Waals surface area contributed by atoms with Gasteiger partial charge in [-0.25, -0.2) is 9.97 Å². The molecule has 0 bridgehead atoms. The first-order chi connectivity index (χ1) is 9.08. The summed E-state index contributed by atoms with van der Waals surface area (Å²) in [6, 6.07) is 7.28. The number of nitrogens with zero attached hydrogens (tertiary/aromatic N) is 2. The molecule has 100 valence electrons. The third-order valence-corrected chi connectivity index (χ3v) is 3.41. The minimum atomic E-state index is 0.425. The van der Waals surface area contributed by atoms with Gasteiger partial charge in [-0.05, 0) is 24.6 Å². The van der Waals surface area contributed by atoms with Gasteiger partial charge >= 0.3 is 0 Å². The lowest BCUT2D eigenvalue weighted by Crippen LogP contribution is -2.00. The number of benzene rings is 1. The summed E-state index contributed by atoms with van der Waals surface area (Å²) in [6.45, 7) is 2.07. The van der Waals surface area contributed by atoms with Gasteiger partial charge in [0.1, 0.15) is 16.8 Å². The Morgan fingerprint density at radius 2 is 2.00 bits per heavy atom. The van der Waals surface area contributed by atoms with Crippen LogP contribution in [0.2, 0.25) is 10.2 Å². The van der Waals surface area contributed by atoms with E-state index >= 15 is 0 Å². The standard InChI is InChI=1S/C13H12BrCl2N3/c1-2-3-12-18-11(16)7-13(19-12)17-10-5-4-8(14)6-9(10)15/h4-7H,2-3H2,1H3,(H,17,18,19). The summed E-state index contributed by atoms with van der Waals surface area (Å²) < 4.78 is 0.926. The highest BCUT2D eigenvalue weighted by Gasteiger charge is 2.06. The number of rotatable bonds is 4. The highest BCUT2D eigenvalue weighted by molar-refractivity contribution is 9.10. The SMILES string of the molecule is CCCc1nc(Cl)cc(Nc2ccc(Br)cc2Cl)n1. The van der Waals surface area contributed by atoms with Gasteiger partial charge in [0, 0.05) is 17.0 Å². The quantitative estimate of drug-likeness (QED) is 0.757. The molecule has 0 aliphatic carbocycles. The second-order valence-electron chi connectivity index (χ2n) is 3.99. The van der Waals surface area contributed by atoms with Crippen LogP contribution < -0.4 is 5.32 Å². The summed E-state index contributed by atoms with van der Waals surface area (Å²) in [5.74, 6) is 1.37. The molecule has 0 fully saturated rings. The lowest BCUT2D eigenvalue weighted by atomic mass is 10.3. The van der Waals surface area contributed by atoms with Gasteiger partial charge in [0.15, 0.2) is 0 Å². The Hall–Kier alpha value is -0.840. The summed E-state index contributed by atoms with van der Waals surface area (Å²) in [7, 11) is 0. The van der Waals surface area contributed by atoms with Crippen LogP contribution in [-0.4, -0.2) is 9.97 Å². The van der Waals surface area contributed by atoms with Gasteiger partial charge in [-0.2, -0.15) is 0 Å². The first kappa shape index (κ1) is 14.6. The van der Waals surface area contributed by atoms with E-state index in [9.17, 15) is 0 Å². The van der Waals surface area contributed by atoms with Gasteiger partial charge in [0.05, 0.1) is 10.7 Å². The number of anilines is 2. The van der Waals surface area contributed by atoms with Gasteiger partial charge in [-0.3, -0.25) is 0 Å². The molecule has 0 aliphatic heterocycles. The molecule has 1 aromatic carbocycles. The molecule has 0 radical (unpaired) electrons. The fourth-order valence-corrected chi connectivity index (χ4v) is 2.51. The maximum Gasteiger partial charge on any atom is 0.135 e. The molecule has 1 aromatic heterocycles. The zero-order valence-corrected chi connectivity index (χ0v) is 13.3. The van der Waals surface area contributed by atoms with E-state index in [-0.39, 0.29) is 0 Å². The molecule has 19 heavy (non-hydrogen) atoms. The summed E-state index contributed by atoms with van der Waals surface area (Å²) in [5, 5.41) is 4.19. The van der Waals surface area contributed by atoms with Crippen LogP contribution in [0.4, 0.5) is 11.5 Å². The van der Waals surface area contributed by atoms with E-state index in [2.05, 4.69) is 38.1 Å². The summed E-state index contributed by atoms with van der Waals surface area (Å²) in [5.41, 5.74) is 0.780. The van der Waals surface area contributed by atoms with Crippen LogP contribution in [0.5, 0.6) is 0 Å². The van der Waals surface area contributed by atoms with E-state index in [0.717, 1.165) is 28.8 Å². The molecular weight excluding hydrogens is 349 g/mol. The van der Waals surface area contributed by atoms with E-state index in [4.69, 9.17) is 23.2 Å². The van der Waals surface area contributed by atoms with E-state index < -0.39 is 0 Å². The Balaban J connectivity index is 2.27. The molecule has 1 heterocycles. The van der Waals surface area contributed by atoms with Gasteiger partial charge < -0.3 is 5.32 Å². The van der Waals surface area contributed by atoms with Crippen LogP contribution in [0.25, 0.3) is 0 Å². The maximum atomic E-state index is 6.15. The van der Waals surface area contributed by atoms with Crippen LogP contribution in [0.1, 0.15) is 19.2 Å². The Kier molecular flexibility index (Phi) is 5.02. The lowest BCUT2D eigenvalue weighted by molar-refractivity contribution is 0.837. The van der Waals surface area contributed by atoms with Crippen LogP contribution >= 0.6 is 39.1 Å². The Morgan fingerprint density at radius 3 is 2.68 bits per heavy atom. The van der Waals surface area contributed by atoms with Crippen LogP contribution in [0.3, 0.4) is 0 Å². The number of aromatic nitrogens is 2. The molecule has 6 heteroatoms. The maximum absolute atomic E-state index is 6.15. The van der Waals surface area contributed by atoms with Gasteiger partial charge in [-0.15, -0.1) is 0 Å². The smallest absolute Gasteiger partial charge is 0.135 e.